The second-order valence-electron chi connectivity index (χ2n) is 5.23. The van der Waals surface area contributed by atoms with E-state index in [-0.39, 0.29) is 22.3 Å². The van der Waals surface area contributed by atoms with Crippen LogP contribution in [0.25, 0.3) is 10.9 Å². The van der Waals surface area contributed by atoms with Gasteiger partial charge in [-0.3, -0.25) is 0 Å². The van der Waals surface area contributed by atoms with Crippen molar-refractivity contribution in [3.8, 4) is 0 Å². The number of anilines is 1. The molecule has 0 fully saturated rings. The number of nitrogens with zero attached hydrogens (tertiary/aromatic N) is 3. The molecule has 0 atom stereocenters. The minimum atomic E-state index is -0.798. The van der Waals surface area contributed by atoms with Crippen molar-refractivity contribution in [1.29, 1.82) is 0 Å². The van der Waals surface area contributed by atoms with Gasteiger partial charge in [0.05, 0.1) is 5.54 Å². The van der Waals surface area contributed by atoms with Crippen molar-refractivity contribution in [2.45, 2.75) is 26.3 Å². The normalized spacial score (nSPS) is 13.2. The Morgan fingerprint density at radius 2 is 1.89 bits per heavy atom. The number of halogens is 2. The largest absolute Gasteiger partial charge is 0.383 e. The fraction of sp³-hybridized carbons (Fsp3) is 0.333. The van der Waals surface area contributed by atoms with Gasteiger partial charge in [0.2, 0.25) is 5.62 Å². The van der Waals surface area contributed by atoms with Gasteiger partial charge in [0.25, 0.3) is 0 Å². The van der Waals surface area contributed by atoms with Crippen LogP contribution in [0.15, 0.2) is 17.1 Å². The highest BCUT2D eigenvalue weighted by atomic mass is 19.1. The number of aromatic nitrogens is 2. The molecular formula is C12H15F2N5. The minimum absolute atomic E-state index is 0.00593. The van der Waals surface area contributed by atoms with Crippen molar-refractivity contribution < 1.29 is 8.78 Å². The van der Waals surface area contributed by atoms with Crippen LogP contribution in [0.5, 0.6) is 0 Å². The number of nitrogens with two attached hydrogens (primary N) is 2. The van der Waals surface area contributed by atoms with Crippen molar-refractivity contribution in [3.05, 3.63) is 29.4 Å². The fourth-order valence-corrected chi connectivity index (χ4v) is 1.65. The average molecular weight is 267 g/mol. The zero-order valence-corrected chi connectivity index (χ0v) is 10.9. The van der Waals surface area contributed by atoms with Crippen LogP contribution in [0.2, 0.25) is 0 Å². The van der Waals surface area contributed by atoms with E-state index in [4.69, 9.17) is 11.6 Å². The lowest BCUT2D eigenvalue weighted by Gasteiger charge is -2.14. The maximum absolute atomic E-state index is 13.7. The van der Waals surface area contributed by atoms with Crippen LogP contribution < -0.4 is 17.2 Å². The molecule has 0 aliphatic carbocycles. The van der Waals surface area contributed by atoms with Gasteiger partial charge in [-0.25, -0.2) is 23.4 Å². The Labute approximate surface area is 108 Å². The third-order valence-electron chi connectivity index (χ3n) is 2.43. The van der Waals surface area contributed by atoms with E-state index in [2.05, 4.69) is 9.98 Å². The highest BCUT2D eigenvalue weighted by Crippen LogP contribution is 2.20. The molecule has 0 bridgehead atoms. The summed E-state index contributed by atoms with van der Waals surface area (Å²) in [7, 11) is 0. The van der Waals surface area contributed by atoms with Crippen molar-refractivity contribution in [2.75, 3.05) is 11.6 Å². The lowest BCUT2D eigenvalue weighted by Crippen LogP contribution is -2.35. The second kappa shape index (κ2) is 4.18. The monoisotopic (exact) mass is 267 g/mol. The quantitative estimate of drug-likeness (QED) is 0.706. The van der Waals surface area contributed by atoms with Gasteiger partial charge in [-0.15, -0.1) is 0 Å². The highest BCUT2D eigenvalue weighted by molar-refractivity contribution is 5.88. The van der Waals surface area contributed by atoms with E-state index in [0.29, 0.717) is 0 Å². The lowest BCUT2D eigenvalue weighted by atomic mass is 10.1. The molecule has 2 aromatic rings. The Kier molecular flexibility index (Phi) is 2.92. The average Bonchev–Trinajstić information content (AvgIpc) is 2.25. The van der Waals surface area contributed by atoms with Crippen molar-refractivity contribution in [2.24, 2.45) is 4.99 Å². The van der Waals surface area contributed by atoms with Gasteiger partial charge in [0.1, 0.15) is 17.2 Å². The molecule has 0 saturated carbocycles. The Balaban J connectivity index is 2.93. The zero-order chi connectivity index (χ0) is 14.4. The molecule has 0 aliphatic rings. The molecule has 1 aromatic heterocycles. The van der Waals surface area contributed by atoms with Crippen LogP contribution in [-0.4, -0.2) is 15.2 Å². The van der Waals surface area contributed by atoms with Crippen LogP contribution in [0.1, 0.15) is 20.8 Å². The summed E-state index contributed by atoms with van der Waals surface area (Å²) >= 11 is 0. The highest BCUT2D eigenvalue weighted by Gasteiger charge is 2.14. The Morgan fingerprint density at radius 3 is 2.47 bits per heavy atom. The number of fused-ring (bicyclic) bond motifs is 1. The molecule has 1 aromatic carbocycles. The molecule has 0 spiro atoms. The number of nitrogen functional groups attached to an aromatic ring is 2. The SMILES string of the molecule is CC(C)(C)N=c1nc2c(F)cc(F)cc2c(N)n1N. The molecule has 2 rings (SSSR count). The molecule has 0 saturated heterocycles. The minimum Gasteiger partial charge on any atom is -0.383 e. The number of hydrogen-bond acceptors (Lipinski definition) is 4. The van der Waals surface area contributed by atoms with Gasteiger partial charge >= 0.3 is 0 Å². The fourth-order valence-electron chi connectivity index (χ4n) is 1.65. The van der Waals surface area contributed by atoms with E-state index in [1.165, 1.54) is 0 Å². The molecule has 102 valence electrons. The van der Waals surface area contributed by atoms with E-state index >= 15 is 0 Å². The predicted octanol–water partition coefficient (Wildman–Crippen LogP) is 1.31. The summed E-state index contributed by atoms with van der Waals surface area (Å²) in [5.74, 6) is 4.22. The molecule has 19 heavy (non-hydrogen) atoms. The summed E-state index contributed by atoms with van der Waals surface area (Å²) in [6, 6.07) is 1.83. The molecule has 0 aliphatic heterocycles. The lowest BCUT2D eigenvalue weighted by molar-refractivity contribution is 0.546. The molecule has 1 heterocycles. The molecule has 0 radical (unpaired) electrons. The van der Waals surface area contributed by atoms with Crippen LogP contribution in [0.4, 0.5) is 14.6 Å². The van der Waals surface area contributed by atoms with Crippen LogP contribution in [-0.2, 0) is 0 Å². The molecule has 4 N–H and O–H groups in total. The second-order valence-corrected chi connectivity index (χ2v) is 5.23. The van der Waals surface area contributed by atoms with E-state index in [1.807, 2.05) is 20.8 Å². The molecule has 5 nitrogen and oxygen atoms in total. The molecular weight excluding hydrogens is 252 g/mol. The van der Waals surface area contributed by atoms with Crippen molar-refractivity contribution >= 4 is 16.7 Å². The summed E-state index contributed by atoms with van der Waals surface area (Å²) < 4.78 is 27.9. The van der Waals surface area contributed by atoms with Crippen LogP contribution in [0.3, 0.4) is 0 Å². The first-order chi connectivity index (χ1) is 8.69. The van der Waals surface area contributed by atoms with Gasteiger partial charge in [-0.05, 0) is 26.8 Å². The van der Waals surface area contributed by atoms with Crippen molar-refractivity contribution in [1.82, 2.24) is 9.66 Å². The van der Waals surface area contributed by atoms with Crippen LogP contribution >= 0.6 is 0 Å². The number of rotatable bonds is 0. The van der Waals surface area contributed by atoms with E-state index in [9.17, 15) is 8.78 Å². The Hall–Kier alpha value is -2.18. The van der Waals surface area contributed by atoms with E-state index < -0.39 is 17.2 Å². The third-order valence-corrected chi connectivity index (χ3v) is 2.43. The summed E-state index contributed by atoms with van der Waals surface area (Å²) in [5.41, 5.74) is 5.36. The van der Waals surface area contributed by atoms with Crippen molar-refractivity contribution in [3.63, 3.8) is 0 Å². The Bertz CT molecular complexity index is 713. The van der Waals surface area contributed by atoms with Gasteiger partial charge in [-0.1, -0.05) is 0 Å². The summed E-state index contributed by atoms with van der Waals surface area (Å²) in [6.45, 7) is 5.53. The first kappa shape index (κ1) is 13.3. The molecule has 7 heteroatoms. The van der Waals surface area contributed by atoms with E-state index in [1.54, 1.807) is 0 Å². The first-order valence-electron chi connectivity index (χ1n) is 5.67. The summed E-state index contributed by atoms with van der Waals surface area (Å²) in [6.07, 6.45) is 0. The molecule has 0 amide bonds. The number of hydrogen-bond donors (Lipinski definition) is 2. The molecule has 0 unspecified atom stereocenters. The van der Waals surface area contributed by atoms with Gasteiger partial charge in [0, 0.05) is 11.5 Å². The maximum Gasteiger partial charge on any atom is 0.246 e. The summed E-state index contributed by atoms with van der Waals surface area (Å²) in [5, 5.41) is 0.118. The Morgan fingerprint density at radius 1 is 1.26 bits per heavy atom. The van der Waals surface area contributed by atoms with Gasteiger partial charge in [0.15, 0.2) is 5.82 Å². The van der Waals surface area contributed by atoms with Crippen LogP contribution in [0, 0.1) is 11.6 Å². The van der Waals surface area contributed by atoms with Gasteiger partial charge in [-0.2, -0.15) is 0 Å². The first-order valence-corrected chi connectivity index (χ1v) is 5.67. The summed E-state index contributed by atoms with van der Waals surface area (Å²) in [4.78, 5) is 8.26. The standard InChI is InChI=1S/C12H15F2N5/c1-12(2,3)18-11-17-9-7(10(15)19(11)16)4-6(13)5-8(9)14/h4-5H,15-16H2,1-3H3. The number of benzene rings is 1. The predicted molar refractivity (Wildman–Crippen MR) is 69.5 cm³/mol. The topological polar surface area (TPSA) is 82.2 Å². The maximum atomic E-state index is 13.7. The zero-order valence-electron chi connectivity index (χ0n) is 10.9. The smallest absolute Gasteiger partial charge is 0.246 e. The van der Waals surface area contributed by atoms with E-state index in [0.717, 1.165) is 16.8 Å². The van der Waals surface area contributed by atoms with Gasteiger partial charge < -0.3 is 11.6 Å². The third kappa shape index (κ3) is 2.49.